The van der Waals surface area contributed by atoms with E-state index in [1.165, 1.54) is 0 Å². The van der Waals surface area contributed by atoms with E-state index in [-0.39, 0.29) is 23.8 Å². The fraction of sp³-hybridized carbons (Fsp3) is 0.400. The van der Waals surface area contributed by atoms with Crippen LogP contribution < -0.4 is 10.1 Å². The first-order chi connectivity index (χ1) is 13.1. The van der Waals surface area contributed by atoms with Gasteiger partial charge in [0.25, 0.3) is 5.91 Å². The Morgan fingerprint density at radius 1 is 1.19 bits per heavy atom. The summed E-state index contributed by atoms with van der Waals surface area (Å²) in [6.45, 7) is 3.51. The Morgan fingerprint density at radius 2 is 1.93 bits per heavy atom. The lowest BCUT2D eigenvalue weighted by atomic mass is 9.95. The Morgan fingerprint density at radius 3 is 2.59 bits per heavy atom. The minimum Gasteiger partial charge on any atom is -0.487 e. The molecule has 3 rings (SSSR count). The lowest BCUT2D eigenvalue weighted by Gasteiger charge is -2.31. The molecule has 1 aliphatic rings. The molecule has 1 aliphatic heterocycles. The third-order valence-corrected chi connectivity index (χ3v) is 4.62. The zero-order valence-electron chi connectivity index (χ0n) is 15.4. The van der Waals surface area contributed by atoms with Crippen LogP contribution in [0.1, 0.15) is 30.1 Å². The standard InChI is InChI=1S/C20H24N4O3/c1-15(27-18-3-2-8-22-14-18)13-23-19(25)16-6-11-24(12-7-16)20(26)17-4-9-21-10-5-17/h2-5,8-10,14-16H,6-7,11-13H2,1H3,(H,23,25). The molecule has 7 nitrogen and oxygen atoms in total. The number of piperidine rings is 1. The van der Waals surface area contributed by atoms with Crippen molar-refractivity contribution in [2.75, 3.05) is 19.6 Å². The van der Waals surface area contributed by atoms with Crippen molar-refractivity contribution >= 4 is 11.8 Å². The third kappa shape index (κ3) is 5.26. The van der Waals surface area contributed by atoms with E-state index in [0.29, 0.717) is 43.8 Å². The largest absolute Gasteiger partial charge is 0.487 e. The smallest absolute Gasteiger partial charge is 0.253 e. The summed E-state index contributed by atoms with van der Waals surface area (Å²) in [7, 11) is 0. The van der Waals surface area contributed by atoms with Crippen LogP contribution in [-0.4, -0.2) is 52.4 Å². The lowest BCUT2D eigenvalue weighted by Crippen LogP contribution is -2.44. The molecule has 1 N–H and O–H groups in total. The topological polar surface area (TPSA) is 84.4 Å². The van der Waals surface area contributed by atoms with E-state index >= 15 is 0 Å². The number of nitrogens with one attached hydrogen (secondary N) is 1. The first-order valence-corrected chi connectivity index (χ1v) is 9.17. The molecule has 0 radical (unpaired) electrons. The number of pyridine rings is 2. The van der Waals surface area contributed by atoms with Crippen molar-refractivity contribution < 1.29 is 14.3 Å². The molecule has 1 unspecified atom stereocenters. The highest BCUT2D eigenvalue weighted by Gasteiger charge is 2.27. The maximum Gasteiger partial charge on any atom is 0.253 e. The van der Waals surface area contributed by atoms with Gasteiger partial charge in [-0.3, -0.25) is 19.6 Å². The molecule has 0 aromatic carbocycles. The molecule has 2 aromatic rings. The number of carbonyl (C=O) groups excluding carboxylic acids is 2. The fourth-order valence-corrected chi connectivity index (χ4v) is 3.10. The molecule has 0 spiro atoms. The molecule has 2 aromatic heterocycles. The van der Waals surface area contributed by atoms with Crippen LogP contribution in [0.2, 0.25) is 0 Å². The van der Waals surface area contributed by atoms with Crippen LogP contribution in [0, 0.1) is 5.92 Å². The van der Waals surface area contributed by atoms with Gasteiger partial charge in [0.2, 0.25) is 5.91 Å². The maximum atomic E-state index is 12.4. The molecule has 2 amide bonds. The molecule has 142 valence electrons. The highest BCUT2D eigenvalue weighted by molar-refractivity contribution is 5.94. The summed E-state index contributed by atoms with van der Waals surface area (Å²) in [5, 5.41) is 2.95. The van der Waals surface area contributed by atoms with Gasteiger partial charge in [-0.2, -0.15) is 0 Å². The number of amides is 2. The molecule has 1 atom stereocenters. The first-order valence-electron chi connectivity index (χ1n) is 9.17. The van der Waals surface area contributed by atoms with Gasteiger partial charge in [0.05, 0.1) is 12.7 Å². The number of hydrogen-bond donors (Lipinski definition) is 1. The molecule has 27 heavy (non-hydrogen) atoms. The van der Waals surface area contributed by atoms with Gasteiger partial charge in [0.1, 0.15) is 11.9 Å². The Hall–Kier alpha value is -2.96. The number of hydrogen-bond acceptors (Lipinski definition) is 5. The van der Waals surface area contributed by atoms with Crippen LogP contribution in [0.25, 0.3) is 0 Å². The van der Waals surface area contributed by atoms with Gasteiger partial charge in [-0.05, 0) is 44.0 Å². The SMILES string of the molecule is CC(CNC(=O)C1CCN(C(=O)c2ccncc2)CC1)Oc1cccnc1. The monoisotopic (exact) mass is 368 g/mol. The molecule has 3 heterocycles. The number of aromatic nitrogens is 2. The van der Waals surface area contributed by atoms with Gasteiger partial charge in [0, 0.05) is 43.2 Å². The van der Waals surface area contributed by atoms with E-state index in [2.05, 4.69) is 15.3 Å². The first kappa shape index (κ1) is 18.8. The van der Waals surface area contributed by atoms with Crippen LogP contribution in [0.5, 0.6) is 5.75 Å². The zero-order chi connectivity index (χ0) is 19.1. The zero-order valence-corrected chi connectivity index (χ0v) is 15.4. The van der Waals surface area contributed by atoms with E-state index in [4.69, 9.17) is 4.74 Å². The summed E-state index contributed by atoms with van der Waals surface area (Å²) in [4.78, 5) is 34.6. The number of rotatable bonds is 6. The summed E-state index contributed by atoms with van der Waals surface area (Å²) in [5.41, 5.74) is 0.634. The van der Waals surface area contributed by atoms with E-state index in [1.54, 1.807) is 41.8 Å². The summed E-state index contributed by atoms with van der Waals surface area (Å²) in [6, 6.07) is 7.07. The second-order valence-electron chi connectivity index (χ2n) is 6.66. The number of likely N-dealkylation sites (tertiary alicyclic amines) is 1. The van der Waals surface area contributed by atoms with E-state index in [9.17, 15) is 9.59 Å². The minimum absolute atomic E-state index is 0.00486. The van der Waals surface area contributed by atoms with Gasteiger partial charge in [-0.25, -0.2) is 0 Å². The highest BCUT2D eigenvalue weighted by atomic mass is 16.5. The molecular formula is C20H24N4O3. The third-order valence-electron chi connectivity index (χ3n) is 4.62. The van der Waals surface area contributed by atoms with Crippen molar-refractivity contribution in [3.63, 3.8) is 0 Å². The van der Waals surface area contributed by atoms with E-state index in [0.717, 1.165) is 0 Å². The average Bonchev–Trinajstić information content (AvgIpc) is 2.73. The van der Waals surface area contributed by atoms with Crippen molar-refractivity contribution in [3.8, 4) is 5.75 Å². The van der Waals surface area contributed by atoms with Crippen molar-refractivity contribution in [2.45, 2.75) is 25.9 Å². The quantitative estimate of drug-likeness (QED) is 0.842. The average molecular weight is 368 g/mol. The number of ether oxygens (including phenoxy) is 1. The Labute approximate surface area is 158 Å². The van der Waals surface area contributed by atoms with Crippen LogP contribution in [-0.2, 0) is 4.79 Å². The Balaban J connectivity index is 1.41. The van der Waals surface area contributed by atoms with Crippen LogP contribution in [0.15, 0.2) is 49.1 Å². The van der Waals surface area contributed by atoms with E-state index < -0.39 is 0 Å². The molecule has 7 heteroatoms. The molecular weight excluding hydrogens is 344 g/mol. The second-order valence-corrected chi connectivity index (χ2v) is 6.66. The minimum atomic E-state index is -0.147. The second kappa shape index (κ2) is 9.12. The summed E-state index contributed by atoms with van der Waals surface area (Å²) in [6.07, 6.45) is 7.75. The number of nitrogens with zero attached hydrogens (tertiary/aromatic N) is 3. The summed E-state index contributed by atoms with van der Waals surface area (Å²) in [5.74, 6) is 0.627. The van der Waals surface area contributed by atoms with Crippen molar-refractivity contribution in [3.05, 3.63) is 54.6 Å². The lowest BCUT2D eigenvalue weighted by molar-refractivity contribution is -0.126. The highest BCUT2D eigenvalue weighted by Crippen LogP contribution is 2.19. The van der Waals surface area contributed by atoms with Gasteiger partial charge in [0.15, 0.2) is 0 Å². The van der Waals surface area contributed by atoms with Gasteiger partial charge in [-0.15, -0.1) is 0 Å². The van der Waals surface area contributed by atoms with E-state index in [1.807, 2.05) is 19.1 Å². The van der Waals surface area contributed by atoms with Crippen LogP contribution >= 0.6 is 0 Å². The summed E-state index contributed by atoms with van der Waals surface area (Å²) < 4.78 is 5.71. The molecule has 0 aliphatic carbocycles. The van der Waals surface area contributed by atoms with Crippen LogP contribution in [0.4, 0.5) is 0 Å². The number of carbonyl (C=O) groups is 2. The Bertz CT molecular complexity index is 746. The fourth-order valence-electron chi connectivity index (χ4n) is 3.10. The predicted octanol–water partition coefficient (Wildman–Crippen LogP) is 1.91. The summed E-state index contributed by atoms with van der Waals surface area (Å²) >= 11 is 0. The van der Waals surface area contributed by atoms with Gasteiger partial charge in [-0.1, -0.05) is 0 Å². The van der Waals surface area contributed by atoms with Crippen molar-refractivity contribution in [1.82, 2.24) is 20.2 Å². The van der Waals surface area contributed by atoms with Crippen molar-refractivity contribution in [2.24, 2.45) is 5.92 Å². The molecule has 1 saturated heterocycles. The van der Waals surface area contributed by atoms with Crippen molar-refractivity contribution in [1.29, 1.82) is 0 Å². The molecule has 0 bridgehead atoms. The molecule has 0 saturated carbocycles. The predicted molar refractivity (Wildman–Crippen MR) is 100 cm³/mol. The Kier molecular flexibility index (Phi) is 6.35. The normalized spacial score (nSPS) is 15.8. The van der Waals surface area contributed by atoms with Gasteiger partial charge >= 0.3 is 0 Å². The maximum absolute atomic E-state index is 12.4. The molecule has 1 fully saturated rings. The van der Waals surface area contributed by atoms with Gasteiger partial charge < -0.3 is 15.0 Å². The van der Waals surface area contributed by atoms with Crippen LogP contribution in [0.3, 0.4) is 0 Å².